The van der Waals surface area contributed by atoms with E-state index in [0.29, 0.717) is 18.8 Å². The lowest BCUT2D eigenvalue weighted by Gasteiger charge is -2.09. The number of hydrogen-bond acceptors (Lipinski definition) is 3. The fourth-order valence-electron chi connectivity index (χ4n) is 1.40. The molecular weight excluding hydrogens is 216 g/mol. The summed E-state index contributed by atoms with van der Waals surface area (Å²) < 4.78 is 11.0. The Morgan fingerprint density at radius 3 is 2.76 bits per heavy atom. The van der Waals surface area contributed by atoms with Crippen LogP contribution >= 0.6 is 0 Å². The number of aryl methyl sites for hydroxylation is 1. The molecule has 0 fully saturated rings. The zero-order chi connectivity index (χ0) is 12.5. The molecule has 1 aromatic rings. The fourth-order valence-corrected chi connectivity index (χ4v) is 1.40. The minimum atomic E-state index is 0.521. The highest BCUT2D eigenvalue weighted by atomic mass is 16.5. The van der Waals surface area contributed by atoms with Crippen LogP contribution in [0.3, 0.4) is 0 Å². The van der Waals surface area contributed by atoms with Gasteiger partial charge in [0.05, 0.1) is 6.61 Å². The van der Waals surface area contributed by atoms with Crippen LogP contribution in [-0.4, -0.2) is 26.1 Å². The van der Waals surface area contributed by atoms with Gasteiger partial charge in [0.1, 0.15) is 18.6 Å². The van der Waals surface area contributed by atoms with Crippen molar-refractivity contribution in [3.8, 4) is 5.75 Å². The van der Waals surface area contributed by atoms with Crippen LogP contribution in [0, 0.1) is 6.92 Å². The van der Waals surface area contributed by atoms with Crippen LogP contribution in [0.25, 0.3) is 0 Å². The van der Waals surface area contributed by atoms with Crippen LogP contribution in [-0.2, 0) is 4.74 Å². The monoisotopic (exact) mass is 236 g/mol. The number of benzene rings is 1. The van der Waals surface area contributed by atoms with Crippen molar-refractivity contribution >= 4 is 6.29 Å². The third-order valence-corrected chi connectivity index (χ3v) is 2.48. The van der Waals surface area contributed by atoms with Gasteiger partial charge in [0.15, 0.2) is 0 Å². The molecule has 0 amide bonds. The summed E-state index contributed by atoms with van der Waals surface area (Å²) in [6.07, 6.45) is 3.05. The van der Waals surface area contributed by atoms with Gasteiger partial charge in [-0.1, -0.05) is 25.5 Å². The third-order valence-electron chi connectivity index (χ3n) is 2.48. The molecule has 0 saturated carbocycles. The van der Waals surface area contributed by atoms with Crippen LogP contribution in [0.4, 0.5) is 0 Å². The Morgan fingerprint density at radius 1 is 1.24 bits per heavy atom. The zero-order valence-electron chi connectivity index (χ0n) is 10.6. The van der Waals surface area contributed by atoms with E-state index in [2.05, 4.69) is 6.92 Å². The molecule has 0 aliphatic carbocycles. The molecule has 0 heterocycles. The van der Waals surface area contributed by atoms with Gasteiger partial charge in [-0.15, -0.1) is 0 Å². The van der Waals surface area contributed by atoms with Crippen LogP contribution in [0.2, 0.25) is 0 Å². The number of ether oxygens (including phenoxy) is 2. The zero-order valence-corrected chi connectivity index (χ0v) is 10.6. The van der Waals surface area contributed by atoms with Gasteiger partial charge in [-0.25, -0.2) is 0 Å². The molecule has 0 bridgehead atoms. The van der Waals surface area contributed by atoms with Crippen molar-refractivity contribution in [2.24, 2.45) is 0 Å². The molecule has 0 aliphatic heterocycles. The van der Waals surface area contributed by atoms with Crippen molar-refractivity contribution in [1.82, 2.24) is 0 Å². The molecule has 0 saturated heterocycles. The van der Waals surface area contributed by atoms with Crippen LogP contribution in [0.15, 0.2) is 18.2 Å². The van der Waals surface area contributed by atoms with Crippen molar-refractivity contribution in [3.05, 3.63) is 29.3 Å². The van der Waals surface area contributed by atoms with E-state index >= 15 is 0 Å². The van der Waals surface area contributed by atoms with Gasteiger partial charge in [0.2, 0.25) is 0 Å². The molecular formula is C14H20O3. The molecule has 1 aromatic carbocycles. The summed E-state index contributed by atoms with van der Waals surface area (Å²) in [6.45, 7) is 5.99. The Labute approximate surface area is 103 Å². The summed E-state index contributed by atoms with van der Waals surface area (Å²) in [5.74, 6) is 0.758. The minimum absolute atomic E-state index is 0.521. The normalized spacial score (nSPS) is 10.2. The number of rotatable bonds is 8. The average Bonchev–Trinajstić information content (AvgIpc) is 2.35. The minimum Gasteiger partial charge on any atom is -0.491 e. The molecule has 17 heavy (non-hydrogen) atoms. The largest absolute Gasteiger partial charge is 0.491 e. The molecule has 3 heteroatoms. The molecule has 0 radical (unpaired) electrons. The molecule has 0 unspecified atom stereocenters. The van der Waals surface area contributed by atoms with Crippen molar-refractivity contribution in [1.29, 1.82) is 0 Å². The van der Waals surface area contributed by atoms with Crippen LogP contribution in [0.5, 0.6) is 5.75 Å². The van der Waals surface area contributed by atoms with E-state index in [4.69, 9.17) is 9.47 Å². The highest BCUT2D eigenvalue weighted by Gasteiger charge is 2.01. The Hall–Kier alpha value is -1.35. The molecule has 1 rings (SSSR count). The quantitative estimate of drug-likeness (QED) is 0.514. The number of carbonyl (C=O) groups excluding carboxylic acids is 1. The summed E-state index contributed by atoms with van der Waals surface area (Å²) in [5.41, 5.74) is 1.67. The highest BCUT2D eigenvalue weighted by molar-refractivity contribution is 5.75. The third kappa shape index (κ3) is 5.00. The summed E-state index contributed by atoms with van der Waals surface area (Å²) in [7, 11) is 0. The Morgan fingerprint density at radius 2 is 2.06 bits per heavy atom. The predicted molar refractivity (Wildman–Crippen MR) is 67.8 cm³/mol. The predicted octanol–water partition coefficient (Wildman–Crippen LogP) is 3.00. The summed E-state index contributed by atoms with van der Waals surface area (Å²) in [4.78, 5) is 10.6. The van der Waals surface area contributed by atoms with Crippen molar-refractivity contribution in [2.75, 3.05) is 19.8 Å². The van der Waals surface area contributed by atoms with Crippen molar-refractivity contribution in [3.63, 3.8) is 0 Å². The van der Waals surface area contributed by atoms with Gasteiger partial charge in [0, 0.05) is 12.2 Å². The first-order valence-electron chi connectivity index (χ1n) is 6.04. The van der Waals surface area contributed by atoms with E-state index in [1.54, 1.807) is 12.1 Å². The lowest BCUT2D eigenvalue weighted by molar-refractivity contribution is 0.0977. The summed E-state index contributed by atoms with van der Waals surface area (Å²) in [6, 6.07) is 5.43. The van der Waals surface area contributed by atoms with Gasteiger partial charge in [-0.05, 0) is 25.0 Å². The standard InChI is InChI=1S/C14H20O3/c1-3-4-7-16-8-9-17-14-10-13(11-15)6-5-12(14)2/h5-6,10-11H,3-4,7-9H2,1-2H3. The van der Waals surface area contributed by atoms with Crippen molar-refractivity contribution in [2.45, 2.75) is 26.7 Å². The molecule has 94 valence electrons. The fraction of sp³-hybridized carbons (Fsp3) is 0.500. The number of hydrogen-bond donors (Lipinski definition) is 0. The van der Waals surface area contributed by atoms with Gasteiger partial charge < -0.3 is 9.47 Å². The molecule has 0 aliphatic rings. The first-order valence-corrected chi connectivity index (χ1v) is 6.04. The van der Waals surface area contributed by atoms with E-state index in [9.17, 15) is 4.79 Å². The molecule has 0 N–H and O–H groups in total. The Kier molecular flexibility index (Phi) is 6.33. The number of carbonyl (C=O) groups is 1. The topological polar surface area (TPSA) is 35.5 Å². The van der Waals surface area contributed by atoms with Gasteiger partial charge >= 0.3 is 0 Å². The van der Waals surface area contributed by atoms with E-state index in [0.717, 1.165) is 37.0 Å². The smallest absolute Gasteiger partial charge is 0.150 e. The Balaban J connectivity index is 2.33. The molecule has 0 aromatic heterocycles. The first-order chi connectivity index (χ1) is 8.27. The van der Waals surface area contributed by atoms with E-state index in [-0.39, 0.29) is 0 Å². The maximum atomic E-state index is 10.6. The lowest BCUT2D eigenvalue weighted by atomic mass is 10.1. The Bertz CT molecular complexity index is 347. The maximum absolute atomic E-state index is 10.6. The second-order valence-corrected chi connectivity index (χ2v) is 3.96. The number of unbranched alkanes of at least 4 members (excludes halogenated alkanes) is 1. The van der Waals surface area contributed by atoms with Crippen LogP contribution < -0.4 is 4.74 Å². The van der Waals surface area contributed by atoms with Crippen molar-refractivity contribution < 1.29 is 14.3 Å². The molecule has 0 spiro atoms. The van der Waals surface area contributed by atoms with E-state index < -0.39 is 0 Å². The molecule has 0 atom stereocenters. The number of aldehydes is 1. The highest BCUT2D eigenvalue weighted by Crippen LogP contribution is 2.18. The lowest BCUT2D eigenvalue weighted by Crippen LogP contribution is -2.08. The molecule has 3 nitrogen and oxygen atoms in total. The van der Waals surface area contributed by atoms with E-state index in [1.165, 1.54) is 0 Å². The second-order valence-electron chi connectivity index (χ2n) is 3.96. The summed E-state index contributed by atoms with van der Waals surface area (Å²) in [5, 5.41) is 0. The van der Waals surface area contributed by atoms with Crippen LogP contribution in [0.1, 0.15) is 35.7 Å². The SMILES string of the molecule is CCCCOCCOc1cc(C=O)ccc1C. The van der Waals surface area contributed by atoms with E-state index in [1.807, 2.05) is 13.0 Å². The van der Waals surface area contributed by atoms with Gasteiger partial charge in [0.25, 0.3) is 0 Å². The van der Waals surface area contributed by atoms with Gasteiger partial charge in [-0.3, -0.25) is 4.79 Å². The maximum Gasteiger partial charge on any atom is 0.150 e. The van der Waals surface area contributed by atoms with Gasteiger partial charge in [-0.2, -0.15) is 0 Å². The average molecular weight is 236 g/mol. The second kappa shape index (κ2) is 7.85. The summed E-state index contributed by atoms with van der Waals surface area (Å²) >= 11 is 0. The first kappa shape index (κ1) is 13.7.